The molecule has 0 aliphatic carbocycles. The number of hydrogen-bond donors (Lipinski definition) is 0. The highest BCUT2D eigenvalue weighted by atomic mass is 79.9. The van der Waals surface area contributed by atoms with Gasteiger partial charge in [0.1, 0.15) is 11.6 Å². The van der Waals surface area contributed by atoms with Crippen molar-refractivity contribution < 1.29 is 14.3 Å². The van der Waals surface area contributed by atoms with Gasteiger partial charge in [0.25, 0.3) is 0 Å². The summed E-state index contributed by atoms with van der Waals surface area (Å²) in [4.78, 5) is 17.6. The van der Waals surface area contributed by atoms with E-state index in [1.54, 1.807) is 37.4 Å². The minimum Gasteiger partial charge on any atom is -0.481 e. The highest BCUT2D eigenvalue weighted by molar-refractivity contribution is 9.10. The lowest BCUT2D eigenvalue weighted by Crippen LogP contribution is -2.30. The maximum atomic E-state index is 12.1. The van der Waals surface area contributed by atoms with Gasteiger partial charge >= 0.3 is 6.09 Å². The molecule has 0 atom stereocenters. The summed E-state index contributed by atoms with van der Waals surface area (Å²) in [5.41, 5.74) is 0.988. The number of carbonyl (C=O) groups excluding carboxylic acids is 1. The molecule has 0 aliphatic rings. The molecule has 21 heavy (non-hydrogen) atoms. The highest BCUT2D eigenvalue weighted by Crippen LogP contribution is 2.22. The molecule has 0 saturated carbocycles. The largest absolute Gasteiger partial charge is 0.481 e. The minimum absolute atomic E-state index is 0.437. The summed E-state index contributed by atoms with van der Waals surface area (Å²) in [5, 5.41) is 0. The number of carbonyl (C=O) groups is 1. The number of methoxy groups -OCH3 is 1. The van der Waals surface area contributed by atoms with Crippen LogP contribution in [0.4, 0.5) is 10.6 Å². The van der Waals surface area contributed by atoms with Crippen LogP contribution in [0.3, 0.4) is 0 Å². The predicted molar refractivity (Wildman–Crippen MR) is 84.1 cm³/mol. The predicted octanol–water partition coefficient (Wildman–Crippen LogP) is 3.80. The molecule has 0 spiro atoms. The van der Waals surface area contributed by atoms with Gasteiger partial charge in [-0.05, 0) is 36.8 Å². The van der Waals surface area contributed by atoms with Crippen molar-refractivity contribution in [3.63, 3.8) is 0 Å². The van der Waals surface area contributed by atoms with Crippen LogP contribution in [0.25, 0.3) is 0 Å². The first-order chi connectivity index (χ1) is 10.0. The summed E-state index contributed by atoms with van der Waals surface area (Å²) >= 11 is 3.40. The van der Waals surface area contributed by atoms with Gasteiger partial charge in [0.15, 0.2) is 0 Å². The molecule has 0 radical (unpaired) electrons. The standard InChI is InChI=1S/C15H15BrN2O3/c1-10-9-11(7-8-12(10)16)21-15(19)18(2)13-5-4-6-14(17-13)20-3/h4-9H,1-3H3. The zero-order chi connectivity index (χ0) is 15.4. The number of nitrogens with zero attached hydrogens (tertiary/aromatic N) is 2. The average Bonchev–Trinajstić information content (AvgIpc) is 2.50. The fourth-order valence-corrected chi connectivity index (χ4v) is 1.89. The Morgan fingerprint density at radius 3 is 2.71 bits per heavy atom. The molecular weight excluding hydrogens is 336 g/mol. The number of halogens is 1. The van der Waals surface area contributed by atoms with Gasteiger partial charge in [-0.15, -0.1) is 0 Å². The number of pyridine rings is 1. The van der Waals surface area contributed by atoms with E-state index in [2.05, 4.69) is 20.9 Å². The van der Waals surface area contributed by atoms with Crippen LogP contribution in [0.1, 0.15) is 5.56 Å². The average molecular weight is 351 g/mol. The molecule has 110 valence electrons. The lowest BCUT2D eigenvalue weighted by Gasteiger charge is -2.16. The van der Waals surface area contributed by atoms with Crippen molar-refractivity contribution in [2.45, 2.75) is 6.92 Å². The van der Waals surface area contributed by atoms with Gasteiger partial charge in [0.05, 0.1) is 7.11 Å². The SMILES string of the molecule is COc1cccc(N(C)C(=O)Oc2ccc(Br)c(C)c2)n1. The molecule has 0 saturated heterocycles. The number of benzene rings is 1. The van der Waals surface area contributed by atoms with Crippen LogP contribution < -0.4 is 14.4 Å². The zero-order valence-electron chi connectivity index (χ0n) is 12.0. The third-order valence-electron chi connectivity index (χ3n) is 2.87. The van der Waals surface area contributed by atoms with E-state index in [4.69, 9.17) is 9.47 Å². The molecule has 6 heteroatoms. The molecule has 0 N–H and O–H groups in total. The summed E-state index contributed by atoms with van der Waals surface area (Å²) in [5.74, 6) is 1.37. The number of anilines is 1. The third-order valence-corrected chi connectivity index (χ3v) is 3.76. The third kappa shape index (κ3) is 3.72. The van der Waals surface area contributed by atoms with Crippen LogP contribution >= 0.6 is 15.9 Å². The van der Waals surface area contributed by atoms with Crippen molar-refractivity contribution in [3.8, 4) is 11.6 Å². The second-order valence-electron chi connectivity index (χ2n) is 4.38. The van der Waals surface area contributed by atoms with Crippen LogP contribution in [-0.4, -0.2) is 25.2 Å². The van der Waals surface area contributed by atoms with Crippen LogP contribution in [0.5, 0.6) is 11.6 Å². The molecule has 1 heterocycles. The Labute approximate surface area is 131 Å². The molecule has 0 aliphatic heterocycles. The second-order valence-corrected chi connectivity index (χ2v) is 5.23. The van der Waals surface area contributed by atoms with E-state index in [1.165, 1.54) is 12.0 Å². The molecule has 0 unspecified atom stereocenters. The fraction of sp³-hybridized carbons (Fsp3) is 0.200. The fourth-order valence-electron chi connectivity index (χ4n) is 1.65. The molecule has 2 rings (SSSR count). The van der Waals surface area contributed by atoms with Crippen molar-refractivity contribution in [1.29, 1.82) is 0 Å². The van der Waals surface area contributed by atoms with Crippen molar-refractivity contribution in [1.82, 2.24) is 4.98 Å². The molecule has 5 nitrogen and oxygen atoms in total. The van der Waals surface area contributed by atoms with Crippen molar-refractivity contribution >= 4 is 27.8 Å². The van der Waals surface area contributed by atoms with Crippen molar-refractivity contribution in [2.24, 2.45) is 0 Å². The second kappa shape index (κ2) is 6.58. The summed E-state index contributed by atoms with van der Waals surface area (Å²) < 4.78 is 11.3. The number of aromatic nitrogens is 1. The van der Waals surface area contributed by atoms with Gasteiger partial charge in [0.2, 0.25) is 5.88 Å². The highest BCUT2D eigenvalue weighted by Gasteiger charge is 2.15. The molecule has 1 amide bonds. The first kappa shape index (κ1) is 15.3. The molecular formula is C15H15BrN2O3. The Kier molecular flexibility index (Phi) is 4.80. The van der Waals surface area contributed by atoms with Gasteiger partial charge in [-0.25, -0.2) is 4.79 Å². The van der Waals surface area contributed by atoms with Gasteiger partial charge in [0, 0.05) is 17.6 Å². The Morgan fingerprint density at radius 1 is 1.29 bits per heavy atom. The van der Waals surface area contributed by atoms with E-state index >= 15 is 0 Å². The molecule has 0 fully saturated rings. The van der Waals surface area contributed by atoms with Gasteiger partial charge in [-0.3, -0.25) is 4.90 Å². The van der Waals surface area contributed by atoms with E-state index in [9.17, 15) is 4.79 Å². The van der Waals surface area contributed by atoms with Crippen molar-refractivity contribution in [3.05, 3.63) is 46.4 Å². The summed E-state index contributed by atoms with van der Waals surface area (Å²) in [6.07, 6.45) is -0.516. The van der Waals surface area contributed by atoms with Crippen LogP contribution in [-0.2, 0) is 0 Å². The molecule has 2 aromatic rings. The minimum atomic E-state index is -0.516. The van der Waals surface area contributed by atoms with E-state index < -0.39 is 6.09 Å². The maximum absolute atomic E-state index is 12.1. The van der Waals surface area contributed by atoms with E-state index in [0.717, 1.165) is 10.0 Å². The Balaban J connectivity index is 2.13. The Hall–Kier alpha value is -2.08. The Bertz CT molecular complexity index is 661. The van der Waals surface area contributed by atoms with Gasteiger partial charge in [-0.1, -0.05) is 22.0 Å². The van der Waals surface area contributed by atoms with Crippen LogP contribution in [0.15, 0.2) is 40.9 Å². The number of ether oxygens (including phenoxy) is 2. The molecule has 0 bridgehead atoms. The monoisotopic (exact) mass is 350 g/mol. The van der Waals surface area contributed by atoms with Crippen molar-refractivity contribution in [2.75, 3.05) is 19.1 Å². The number of rotatable bonds is 3. The van der Waals surface area contributed by atoms with Crippen LogP contribution in [0, 0.1) is 6.92 Å². The van der Waals surface area contributed by atoms with E-state index in [0.29, 0.717) is 17.4 Å². The topological polar surface area (TPSA) is 51.7 Å². The smallest absolute Gasteiger partial charge is 0.420 e. The summed E-state index contributed by atoms with van der Waals surface area (Å²) in [6, 6.07) is 10.5. The van der Waals surface area contributed by atoms with E-state index in [1.807, 2.05) is 13.0 Å². The van der Waals surface area contributed by atoms with Gasteiger partial charge in [-0.2, -0.15) is 4.98 Å². The summed E-state index contributed by atoms with van der Waals surface area (Å²) in [6.45, 7) is 1.93. The Morgan fingerprint density at radius 2 is 2.05 bits per heavy atom. The maximum Gasteiger partial charge on any atom is 0.420 e. The molecule has 1 aromatic carbocycles. The summed E-state index contributed by atoms with van der Waals surface area (Å²) in [7, 11) is 3.12. The number of aryl methyl sites for hydroxylation is 1. The number of hydrogen-bond acceptors (Lipinski definition) is 4. The lowest BCUT2D eigenvalue weighted by molar-refractivity contribution is 0.209. The molecule has 1 aromatic heterocycles. The lowest BCUT2D eigenvalue weighted by atomic mass is 10.2. The first-order valence-electron chi connectivity index (χ1n) is 6.24. The van der Waals surface area contributed by atoms with Crippen LogP contribution in [0.2, 0.25) is 0 Å². The quantitative estimate of drug-likeness (QED) is 0.844. The van der Waals surface area contributed by atoms with Gasteiger partial charge < -0.3 is 9.47 Å². The number of amides is 1. The first-order valence-corrected chi connectivity index (χ1v) is 7.03. The zero-order valence-corrected chi connectivity index (χ0v) is 13.5. The normalized spacial score (nSPS) is 10.1. The van der Waals surface area contributed by atoms with E-state index in [-0.39, 0.29) is 0 Å².